The summed E-state index contributed by atoms with van der Waals surface area (Å²) in [4.78, 5) is 28.5. The van der Waals surface area contributed by atoms with Crippen LogP contribution in [0.1, 0.15) is 24.9 Å². The number of ether oxygens (including phenoxy) is 1. The molecule has 0 unspecified atom stereocenters. The Morgan fingerprint density at radius 1 is 1.22 bits per heavy atom. The molecule has 0 bridgehead atoms. The van der Waals surface area contributed by atoms with Gasteiger partial charge in [0.15, 0.2) is 0 Å². The Balaban J connectivity index is 1.80. The molecule has 2 aromatic carbocycles. The number of halogens is 1. The number of fused-ring (bicyclic) bond motifs is 3. The summed E-state index contributed by atoms with van der Waals surface area (Å²) in [5.74, 6) is -0.0783. The molecule has 2 heterocycles. The maximum atomic E-state index is 13.6. The van der Waals surface area contributed by atoms with E-state index in [4.69, 9.17) is 16.3 Å². The van der Waals surface area contributed by atoms with E-state index in [1.807, 2.05) is 38.2 Å². The van der Waals surface area contributed by atoms with Crippen molar-refractivity contribution in [2.45, 2.75) is 24.4 Å². The maximum absolute atomic E-state index is 13.6. The molecule has 1 aromatic heterocycles. The van der Waals surface area contributed by atoms with Gasteiger partial charge in [-0.2, -0.15) is 0 Å². The molecular formula is C24H26ClN3O3S. The van der Waals surface area contributed by atoms with Crippen LogP contribution in [-0.2, 0) is 21.4 Å². The van der Waals surface area contributed by atoms with Crippen LogP contribution in [0.5, 0.6) is 0 Å². The summed E-state index contributed by atoms with van der Waals surface area (Å²) in [5, 5.41) is 5.51. The van der Waals surface area contributed by atoms with E-state index in [9.17, 15) is 9.59 Å². The van der Waals surface area contributed by atoms with Crippen LogP contribution in [0.15, 0.2) is 53.6 Å². The average molecular weight is 472 g/mol. The highest BCUT2D eigenvalue weighted by Gasteiger charge is 2.39. The number of anilines is 1. The maximum Gasteiger partial charge on any atom is 0.247 e. The predicted molar refractivity (Wildman–Crippen MR) is 129 cm³/mol. The average Bonchev–Trinajstić information content (AvgIpc) is 2.97. The molecule has 1 aliphatic heterocycles. The molecule has 8 heteroatoms. The van der Waals surface area contributed by atoms with Gasteiger partial charge in [-0.15, -0.1) is 0 Å². The molecule has 1 aliphatic rings. The van der Waals surface area contributed by atoms with E-state index in [1.54, 1.807) is 29.2 Å². The minimum absolute atomic E-state index is 0.118. The second-order valence-electron chi connectivity index (χ2n) is 7.57. The van der Waals surface area contributed by atoms with Gasteiger partial charge in [0, 0.05) is 54.0 Å². The third-order valence-corrected chi connectivity index (χ3v) is 6.96. The second kappa shape index (κ2) is 9.98. The van der Waals surface area contributed by atoms with Crippen molar-refractivity contribution < 1.29 is 14.3 Å². The lowest BCUT2D eigenvalue weighted by atomic mass is 10.0. The second-order valence-corrected chi connectivity index (χ2v) is 8.97. The zero-order valence-corrected chi connectivity index (χ0v) is 19.7. The Morgan fingerprint density at radius 2 is 1.97 bits per heavy atom. The van der Waals surface area contributed by atoms with E-state index < -0.39 is 6.04 Å². The number of hydrogen-bond acceptors (Lipinski definition) is 4. The number of nitrogens with one attached hydrogen (secondary N) is 1. The Hall–Kier alpha value is -2.48. The van der Waals surface area contributed by atoms with Gasteiger partial charge in [0.05, 0.1) is 10.8 Å². The first-order chi connectivity index (χ1) is 15.5. The molecule has 168 valence electrons. The summed E-state index contributed by atoms with van der Waals surface area (Å²) in [6, 6.07) is 14.3. The molecule has 1 N–H and O–H groups in total. The van der Waals surface area contributed by atoms with Crippen molar-refractivity contribution in [3.63, 3.8) is 0 Å². The zero-order chi connectivity index (χ0) is 22.7. The number of thioether (sulfide) groups is 1. The number of aryl methyl sites for hydroxylation is 1. The summed E-state index contributed by atoms with van der Waals surface area (Å²) in [6.45, 7) is 3.65. The van der Waals surface area contributed by atoms with E-state index in [0.717, 1.165) is 21.5 Å². The number of para-hydroxylation sites is 1. The molecule has 4 rings (SSSR count). The summed E-state index contributed by atoms with van der Waals surface area (Å²) in [7, 11) is 1.98. The fourth-order valence-corrected chi connectivity index (χ4v) is 5.28. The topological polar surface area (TPSA) is 63.6 Å². The van der Waals surface area contributed by atoms with E-state index >= 15 is 0 Å². The van der Waals surface area contributed by atoms with Gasteiger partial charge < -0.3 is 14.6 Å². The van der Waals surface area contributed by atoms with E-state index in [1.165, 1.54) is 11.8 Å². The number of carbonyl (C=O) groups is 2. The van der Waals surface area contributed by atoms with Crippen molar-refractivity contribution in [2.24, 2.45) is 7.05 Å². The number of benzene rings is 2. The molecule has 6 nitrogen and oxygen atoms in total. The highest BCUT2D eigenvalue weighted by atomic mass is 35.5. The van der Waals surface area contributed by atoms with Crippen molar-refractivity contribution in [2.75, 3.05) is 30.4 Å². The lowest BCUT2D eigenvalue weighted by Crippen LogP contribution is -2.44. The highest BCUT2D eigenvalue weighted by Crippen LogP contribution is 2.43. The number of aromatic nitrogens is 1. The Bertz CT molecular complexity index is 1130. The van der Waals surface area contributed by atoms with Gasteiger partial charge in [-0.25, -0.2) is 0 Å². The zero-order valence-electron chi connectivity index (χ0n) is 18.1. The summed E-state index contributed by atoms with van der Waals surface area (Å²) >= 11 is 7.56. The minimum atomic E-state index is -0.785. The molecule has 0 fully saturated rings. The Kier molecular flexibility index (Phi) is 7.08. The molecule has 3 aromatic rings. The quantitative estimate of drug-likeness (QED) is 0.513. The lowest BCUT2D eigenvalue weighted by Gasteiger charge is -2.30. The van der Waals surface area contributed by atoms with Gasteiger partial charge >= 0.3 is 0 Å². The van der Waals surface area contributed by atoms with Crippen molar-refractivity contribution in [1.29, 1.82) is 0 Å². The van der Waals surface area contributed by atoms with E-state index in [-0.39, 0.29) is 17.6 Å². The van der Waals surface area contributed by atoms with Crippen LogP contribution in [0, 0.1) is 0 Å². The molecule has 0 radical (unpaired) electrons. The van der Waals surface area contributed by atoms with Crippen molar-refractivity contribution >= 4 is 51.8 Å². The third kappa shape index (κ3) is 4.37. The number of hydrogen-bond donors (Lipinski definition) is 1. The first-order valence-electron chi connectivity index (χ1n) is 10.7. The molecule has 2 amide bonds. The minimum Gasteiger partial charge on any atom is -0.382 e. The molecule has 32 heavy (non-hydrogen) atoms. The first kappa shape index (κ1) is 22.7. The van der Waals surface area contributed by atoms with Crippen LogP contribution < -0.4 is 10.2 Å². The Morgan fingerprint density at radius 3 is 2.72 bits per heavy atom. The van der Waals surface area contributed by atoms with Crippen LogP contribution in [-0.4, -0.2) is 41.9 Å². The first-order valence-corrected chi connectivity index (χ1v) is 12.0. The van der Waals surface area contributed by atoms with Crippen LogP contribution in [0.4, 0.5) is 5.69 Å². The largest absolute Gasteiger partial charge is 0.382 e. The summed E-state index contributed by atoms with van der Waals surface area (Å²) < 4.78 is 7.45. The monoisotopic (exact) mass is 471 g/mol. The highest BCUT2D eigenvalue weighted by molar-refractivity contribution is 8.00. The summed E-state index contributed by atoms with van der Waals surface area (Å²) in [6.07, 6.45) is 0.707. The summed E-state index contributed by atoms with van der Waals surface area (Å²) in [5.41, 5.74) is 2.54. The van der Waals surface area contributed by atoms with Crippen LogP contribution in [0.2, 0.25) is 5.02 Å². The van der Waals surface area contributed by atoms with Gasteiger partial charge in [0.2, 0.25) is 11.8 Å². The van der Waals surface area contributed by atoms with Gasteiger partial charge in [-0.1, -0.05) is 41.6 Å². The van der Waals surface area contributed by atoms with Crippen LogP contribution >= 0.6 is 23.4 Å². The number of rotatable bonds is 7. The normalized spacial score (nSPS) is 16.2. The van der Waals surface area contributed by atoms with Crippen LogP contribution in [0.3, 0.4) is 0 Å². The smallest absolute Gasteiger partial charge is 0.247 e. The molecule has 0 aliphatic carbocycles. The fourth-order valence-electron chi connectivity index (χ4n) is 4.08. The van der Waals surface area contributed by atoms with E-state index in [2.05, 4.69) is 9.88 Å². The van der Waals surface area contributed by atoms with Gasteiger partial charge in [-0.05, 0) is 43.7 Å². The lowest BCUT2D eigenvalue weighted by molar-refractivity contribution is -0.125. The molecule has 0 saturated carbocycles. The Labute approximate surface area is 196 Å². The molecule has 0 spiro atoms. The van der Waals surface area contributed by atoms with E-state index in [0.29, 0.717) is 36.9 Å². The SMILES string of the molecule is CCOCCCNC(=O)[C@@H]1c2c(n(C)c3ccccc23)SCC(=O)N1c1ccc(Cl)cc1. The molecule has 0 saturated heterocycles. The van der Waals surface area contributed by atoms with Crippen molar-refractivity contribution in [3.8, 4) is 0 Å². The van der Waals surface area contributed by atoms with Gasteiger partial charge in [0.25, 0.3) is 0 Å². The van der Waals surface area contributed by atoms with Crippen LogP contribution in [0.25, 0.3) is 10.9 Å². The molecule has 1 atom stereocenters. The number of amides is 2. The van der Waals surface area contributed by atoms with Gasteiger partial charge in [0.1, 0.15) is 6.04 Å². The number of carbonyl (C=O) groups excluding carboxylic acids is 2. The fraction of sp³-hybridized carbons (Fsp3) is 0.333. The predicted octanol–water partition coefficient (Wildman–Crippen LogP) is 4.55. The van der Waals surface area contributed by atoms with Crippen molar-refractivity contribution in [3.05, 3.63) is 59.1 Å². The molecular weight excluding hydrogens is 446 g/mol. The third-order valence-electron chi connectivity index (χ3n) is 5.55. The van der Waals surface area contributed by atoms with Gasteiger partial charge in [-0.3, -0.25) is 14.5 Å². The van der Waals surface area contributed by atoms with Crippen molar-refractivity contribution in [1.82, 2.24) is 9.88 Å². The standard InChI is InChI=1S/C24H26ClN3O3S/c1-3-31-14-6-13-26-23(30)22-21-18-7-4-5-8-19(18)27(2)24(21)32-15-20(29)28(22)17-11-9-16(25)10-12-17/h4-5,7-12,22H,3,6,13-15H2,1-2H3,(H,26,30)/t22-/m0/s1. The number of nitrogens with zero attached hydrogens (tertiary/aromatic N) is 2.